The Labute approximate surface area is 57.2 Å². The molecule has 0 aromatic heterocycles. The van der Waals surface area contributed by atoms with E-state index in [4.69, 9.17) is 5.11 Å². The standard InChI is InChI=1S/C5H9IO/c6-4-1-2-5(7)3-4/h4-5,7H,1-3H2/t4-,5+/m0/s1. The van der Waals surface area contributed by atoms with Gasteiger partial charge >= 0.3 is 0 Å². The average Bonchev–Trinajstić information content (AvgIpc) is 1.87. The van der Waals surface area contributed by atoms with E-state index in [-0.39, 0.29) is 6.10 Å². The summed E-state index contributed by atoms with van der Waals surface area (Å²) in [5, 5.41) is 8.89. The molecule has 0 aromatic rings. The highest BCUT2D eigenvalue weighted by Gasteiger charge is 2.19. The quantitative estimate of drug-likeness (QED) is 0.474. The number of alkyl halides is 1. The Hall–Kier alpha value is 0.690. The number of hydrogen-bond acceptors (Lipinski definition) is 1. The fourth-order valence-corrected chi connectivity index (χ4v) is 1.85. The summed E-state index contributed by atoms with van der Waals surface area (Å²) < 4.78 is 0.743. The van der Waals surface area contributed by atoms with Gasteiger partial charge in [0.2, 0.25) is 0 Å². The summed E-state index contributed by atoms with van der Waals surface area (Å²) in [6.45, 7) is 0. The van der Waals surface area contributed by atoms with E-state index in [0.29, 0.717) is 0 Å². The van der Waals surface area contributed by atoms with Crippen molar-refractivity contribution in [1.29, 1.82) is 0 Å². The van der Waals surface area contributed by atoms with Gasteiger partial charge in [0.1, 0.15) is 0 Å². The van der Waals surface area contributed by atoms with E-state index in [2.05, 4.69) is 22.6 Å². The van der Waals surface area contributed by atoms with Crippen molar-refractivity contribution in [3.8, 4) is 0 Å². The minimum absolute atomic E-state index is 0.0156. The highest BCUT2D eigenvalue weighted by molar-refractivity contribution is 14.1. The molecule has 1 saturated carbocycles. The lowest BCUT2D eigenvalue weighted by Crippen LogP contribution is -1.98. The highest BCUT2D eigenvalue weighted by Crippen LogP contribution is 2.25. The molecule has 0 radical (unpaired) electrons. The van der Waals surface area contributed by atoms with Crippen molar-refractivity contribution >= 4 is 22.6 Å². The van der Waals surface area contributed by atoms with E-state index in [1.807, 2.05) is 0 Å². The van der Waals surface area contributed by atoms with Crippen LogP contribution in [0.25, 0.3) is 0 Å². The monoisotopic (exact) mass is 212 g/mol. The third kappa shape index (κ3) is 1.57. The van der Waals surface area contributed by atoms with E-state index < -0.39 is 0 Å². The summed E-state index contributed by atoms with van der Waals surface area (Å²) in [6.07, 6.45) is 3.26. The van der Waals surface area contributed by atoms with Crippen molar-refractivity contribution in [1.82, 2.24) is 0 Å². The van der Waals surface area contributed by atoms with Crippen LogP contribution in [0.3, 0.4) is 0 Å². The molecule has 0 aliphatic heterocycles. The van der Waals surface area contributed by atoms with Crippen LogP contribution in [-0.4, -0.2) is 15.1 Å². The molecule has 0 bridgehead atoms. The number of hydrogen-bond donors (Lipinski definition) is 1. The van der Waals surface area contributed by atoms with Crippen LogP contribution >= 0.6 is 22.6 Å². The summed E-state index contributed by atoms with van der Waals surface area (Å²) in [7, 11) is 0. The fraction of sp³-hybridized carbons (Fsp3) is 1.00. The average molecular weight is 212 g/mol. The molecule has 1 rings (SSSR count). The normalized spacial score (nSPS) is 42.0. The van der Waals surface area contributed by atoms with Crippen molar-refractivity contribution in [3.05, 3.63) is 0 Å². The maximum atomic E-state index is 8.89. The van der Waals surface area contributed by atoms with Gasteiger partial charge in [-0.3, -0.25) is 0 Å². The molecule has 2 heteroatoms. The smallest absolute Gasteiger partial charge is 0.0550 e. The molecule has 1 nitrogen and oxygen atoms in total. The van der Waals surface area contributed by atoms with E-state index in [1.54, 1.807) is 0 Å². The lowest BCUT2D eigenvalue weighted by Gasteiger charge is -1.94. The lowest BCUT2D eigenvalue weighted by molar-refractivity contribution is 0.184. The first kappa shape index (κ1) is 5.82. The number of aliphatic hydroxyl groups excluding tert-OH is 1. The maximum Gasteiger partial charge on any atom is 0.0550 e. The molecule has 1 N–H and O–H groups in total. The van der Waals surface area contributed by atoms with Gasteiger partial charge in [-0.2, -0.15) is 0 Å². The Morgan fingerprint density at radius 1 is 1.43 bits per heavy atom. The molecular weight excluding hydrogens is 203 g/mol. The summed E-state index contributed by atoms with van der Waals surface area (Å²) in [5.41, 5.74) is 0. The predicted octanol–water partition coefficient (Wildman–Crippen LogP) is 1.33. The van der Waals surface area contributed by atoms with Crippen LogP contribution in [0.15, 0.2) is 0 Å². The Balaban J connectivity index is 2.26. The van der Waals surface area contributed by atoms with Crippen molar-refractivity contribution in [3.63, 3.8) is 0 Å². The largest absolute Gasteiger partial charge is 0.393 e. The second kappa shape index (κ2) is 2.31. The first-order valence-corrected chi connectivity index (χ1v) is 3.86. The number of rotatable bonds is 0. The van der Waals surface area contributed by atoms with Crippen LogP contribution < -0.4 is 0 Å². The fourth-order valence-electron chi connectivity index (χ4n) is 0.904. The minimum atomic E-state index is 0.0156. The molecule has 0 aromatic carbocycles. The van der Waals surface area contributed by atoms with Gasteiger partial charge in [0.15, 0.2) is 0 Å². The second-order valence-corrected chi connectivity index (χ2v) is 3.83. The van der Waals surface area contributed by atoms with Crippen LogP contribution in [0.2, 0.25) is 0 Å². The molecule has 1 aliphatic rings. The predicted molar refractivity (Wildman–Crippen MR) is 37.7 cm³/mol. The molecule has 42 valence electrons. The van der Waals surface area contributed by atoms with Gasteiger partial charge < -0.3 is 5.11 Å². The zero-order valence-electron chi connectivity index (χ0n) is 4.10. The van der Waals surface area contributed by atoms with Crippen molar-refractivity contribution in [2.75, 3.05) is 0 Å². The van der Waals surface area contributed by atoms with E-state index in [1.165, 1.54) is 6.42 Å². The zero-order chi connectivity index (χ0) is 5.28. The molecule has 0 heterocycles. The molecule has 0 spiro atoms. The third-order valence-corrected chi connectivity index (χ3v) is 2.47. The maximum absolute atomic E-state index is 8.89. The molecule has 2 atom stereocenters. The minimum Gasteiger partial charge on any atom is -0.393 e. The van der Waals surface area contributed by atoms with Crippen molar-refractivity contribution in [2.24, 2.45) is 0 Å². The molecule has 1 aliphatic carbocycles. The van der Waals surface area contributed by atoms with Crippen LogP contribution in [0.1, 0.15) is 19.3 Å². The zero-order valence-corrected chi connectivity index (χ0v) is 6.26. The highest BCUT2D eigenvalue weighted by atomic mass is 127. The van der Waals surface area contributed by atoms with Crippen LogP contribution in [0.5, 0.6) is 0 Å². The molecule has 1 fully saturated rings. The third-order valence-electron chi connectivity index (χ3n) is 1.34. The first-order chi connectivity index (χ1) is 3.29. The molecule has 0 amide bonds. The van der Waals surface area contributed by atoms with Crippen LogP contribution in [-0.2, 0) is 0 Å². The Morgan fingerprint density at radius 3 is 2.29 bits per heavy atom. The van der Waals surface area contributed by atoms with Crippen molar-refractivity contribution in [2.45, 2.75) is 29.3 Å². The van der Waals surface area contributed by atoms with Crippen molar-refractivity contribution < 1.29 is 5.11 Å². The summed E-state index contributed by atoms with van der Waals surface area (Å²) in [6, 6.07) is 0. The number of aliphatic hydroxyl groups is 1. The van der Waals surface area contributed by atoms with Crippen LogP contribution in [0, 0.1) is 0 Å². The van der Waals surface area contributed by atoms with Gasteiger partial charge in [0.05, 0.1) is 6.10 Å². The van der Waals surface area contributed by atoms with E-state index >= 15 is 0 Å². The van der Waals surface area contributed by atoms with E-state index in [9.17, 15) is 0 Å². The topological polar surface area (TPSA) is 20.2 Å². The molecule has 7 heavy (non-hydrogen) atoms. The lowest BCUT2D eigenvalue weighted by atomic mass is 10.3. The summed E-state index contributed by atoms with van der Waals surface area (Å²) >= 11 is 2.39. The molecule has 0 saturated heterocycles. The van der Waals surface area contributed by atoms with Gasteiger partial charge in [0, 0.05) is 3.92 Å². The first-order valence-electron chi connectivity index (χ1n) is 2.61. The van der Waals surface area contributed by atoms with Gasteiger partial charge in [-0.1, -0.05) is 22.6 Å². The SMILES string of the molecule is O[C@@H]1CC[C@H](I)C1. The Kier molecular flexibility index (Phi) is 1.92. The van der Waals surface area contributed by atoms with Gasteiger partial charge in [-0.05, 0) is 19.3 Å². The Morgan fingerprint density at radius 2 is 2.14 bits per heavy atom. The Bertz CT molecular complexity index is 57.1. The number of halogens is 1. The van der Waals surface area contributed by atoms with Crippen LogP contribution in [0.4, 0.5) is 0 Å². The van der Waals surface area contributed by atoms with Gasteiger partial charge in [0.25, 0.3) is 0 Å². The molecular formula is C5H9IO. The van der Waals surface area contributed by atoms with Gasteiger partial charge in [-0.25, -0.2) is 0 Å². The second-order valence-electron chi connectivity index (χ2n) is 2.06. The summed E-state index contributed by atoms with van der Waals surface area (Å²) in [4.78, 5) is 0. The summed E-state index contributed by atoms with van der Waals surface area (Å²) in [5.74, 6) is 0. The van der Waals surface area contributed by atoms with Gasteiger partial charge in [-0.15, -0.1) is 0 Å². The molecule has 0 unspecified atom stereocenters. The van der Waals surface area contributed by atoms with E-state index in [0.717, 1.165) is 16.8 Å².